The first-order valence-corrected chi connectivity index (χ1v) is 10.8. The summed E-state index contributed by atoms with van der Waals surface area (Å²) in [6.45, 7) is 4.88. The zero-order chi connectivity index (χ0) is 22.1. The van der Waals surface area contributed by atoms with E-state index >= 15 is 0 Å². The Bertz CT molecular complexity index is 838. The quantitative estimate of drug-likeness (QED) is 0.440. The molecule has 0 aliphatic carbocycles. The van der Waals surface area contributed by atoms with Crippen LogP contribution in [0.15, 0.2) is 47.6 Å². The number of aliphatic hydroxyl groups excluding tert-OH is 1. The Morgan fingerprint density at radius 1 is 1.23 bits per heavy atom. The molecule has 2 aromatic rings. The number of rotatable bonds is 8. The molecule has 1 fully saturated rings. The molecule has 8 nitrogen and oxygen atoms in total. The molecule has 0 spiro atoms. The van der Waals surface area contributed by atoms with Crippen LogP contribution in [0.2, 0.25) is 0 Å². The molecule has 0 radical (unpaired) electrons. The number of pyridine rings is 1. The van der Waals surface area contributed by atoms with Crippen molar-refractivity contribution in [3.8, 4) is 11.5 Å². The molecule has 168 valence electrons. The van der Waals surface area contributed by atoms with E-state index in [0.717, 1.165) is 38.3 Å². The van der Waals surface area contributed by atoms with E-state index in [9.17, 15) is 5.11 Å². The Labute approximate surface area is 184 Å². The van der Waals surface area contributed by atoms with Gasteiger partial charge in [-0.2, -0.15) is 0 Å². The Kier molecular flexibility index (Phi) is 8.35. The van der Waals surface area contributed by atoms with E-state index in [0.29, 0.717) is 29.1 Å². The highest BCUT2D eigenvalue weighted by Gasteiger charge is 2.21. The van der Waals surface area contributed by atoms with Crippen molar-refractivity contribution in [2.24, 2.45) is 4.99 Å². The van der Waals surface area contributed by atoms with Crippen molar-refractivity contribution in [1.29, 1.82) is 0 Å². The minimum Gasteiger partial charge on any atom is -0.497 e. The van der Waals surface area contributed by atoms with Crippen LogP contribution in [0.25, 0.3) is 0 Å². The highest BCUT2D eigenvalue weighted by molar-refractivity contribution is 5.80. The van der Waals surface area contributed by atoms with Crippen LogP contribution < -0.4 is 25.0 Å². The first-order chi connectivity index (χ1) is 15.1. The Morgan fingerprint density at radius 3 is 2.68 bits per heavy atom. The Hall–Kier alpha value is -3.00. The van der Waals surface area contributed by atoms with E-state index in [2.05, 4.69) is 25.5 Å². The predicted molar refractivity (Wildman–Crippen MR) is 123 cm³/mol. The molecular weight excluding hydrogens is 394 g/mol. The minimum atomic E-state index is -0.800. The molecular formula is C23H33N5O3. The highest BCUT2D eigenvalue weighted by atomic mass is 16.5. The molecule has 1 unspecified atom stereocenters. The molecule has 31 heavy (non-hydrogen) atoms. The number of anilines is 1. The van der Waals surface area contributed by atoms with Gasteiger partial charge in [0.15, 0.2) is 5.96 Å². The highest BCUT2D eigenvalue weighted by Crippen LogP contribution is 2.29. The van der Waals surface area contributed by atoms with E-state index in [-0.39, 0.29) is 6.54 Å². The molecule has 1 atom stereocenters. The maximum Gasteiger partial charge on any atom is 0.191 e. The molecule has 0 saturated carbocycles. The van der Waals surface area contributed by atoms with Gasteiger partial charge in [-0.25, -0.2) is 4.98 Å². The smallest absolute Gasteiger partial charge is 0.191 e. The van der Waals surface area contributed by atoms with Crippen LogP contribution in [-0.2, 0) is 0 Å². The number of hydrogen-bond donors (Lipinski definition) is 3. The lowest BCUT2D eigenvalue weighted by atomic mass is 10.1. The standard InChI is InChI=1S/C23H33N5O3/c1-4-24-23(26-16-20(29)19-15-18(30-2)8-9-21(19)31-3)27-17-10-13-28(14-11-17)22-7-5-6-12-25-22/h5-9,12,15,17,20,29H,4,10-11,13-14,16H2,1-3H3,(H2,24,26,27). The normalized spacial score (nSPS) is 16.0. The maximum absolute atomic E-state index is 10.7. The fraction of sp³-hybridized carbons (Fsp3) is 0.478. The maximum atomic E-state index is 10.7. The largest absolute Gasteiger partial charge is 0.497 e. The summed E-state index contributed by atoms with van der Waals surface area (Å²) < 4.78 is 10.7. The lowest BCUT2D eigenvalue weighted by Gasteiger charge is -2.33. The minimum absolute atomic E-state index is 0.214. The third-order valence-electron chi connectivity index (χ3n) is 5.37. The van der Waals surface area contributed by atoms with E-state index in [1.165, 1.54) is 0 Å². The molecule has 1 aromatic carbocycles. The third kappa shape index (κ3) is 6.24. The average molecular weight is 428 g/mol. The molecule has 0 amide bonds. The van der Waals surface area contributed by atoms with Crippen LogP contribution in [-0.4, -0.2) is 62.5 Å². The number of nitrogens with one attached hydrogen (secondary N) is 2. The third-order valence-corrected chi connectivity index (χ3v) is 5.37. The predicted octanol–water partition coefficient (Wildman–Crippen LogP) is 2.36. The van der Waals surface area contributed by atoms with Gasteiger partial charge >= 0.3 is 0 Å². The van der Waals surface area contributed by atoms with Crippen molar-refractivity contribution in [1.82, 2.24) is 15.6 Å². The number of nitrogens with zero attached hydrogens (tertiary/aromatic N) is 3. The van der Waals surface area contributed by atoms with Crippen LogP contribution in [0.3, 0.4) is 0 Å². The summed E-state index contributed by atoms with van der Waals surface area (Å²) in [5.41, 5.74) is 0.658. The van der Waals surface area contributed by atoms with Gasteiger partial charge in [0, 0.05) is 37.4 Å². The summed E-state index contributed by atoms with van der Waals surface area (Å²) in [6, 6.07) is 11.7. The zero-order valence-electron chi connectivity index (χ0n) is 18.5. The van der Waals surface area contributed by atoms with Crippen molar-refractivity contribution in [2.45, 2.75) is 31.9 Å². The van der Waals surface area contributed by atoms with Gasteiger partial charge in [0.25, 0.3) is 0 Å². The van der Waals surface area contributed by atoms with E-state index < -0.39 is 6.10 Å². The van der Waals surface area contributed by atoms with Gasteiger partial charge in [-0.05, 0) is 50.1 Å². The van der Waals surface area contributed by atoms with Crippen molar-refractivity contribution < 1.29 is 14.6 Å². The molecule has 3 N–H and O–H groups in total. The SMILES string of the molecule is CCNC(=NCC(O)c1cc(OC)ccc1OC)NC1CCN(c2ccccn2)CC1. The number of methoxy groups -OCH3 is 2. The summed E-state index contributed by atoms with van der Waals surface area (Å²) >= 11 is 0. The van der Waals surface area contributed by atoms with Crippen LogP contribution in [0.1, 0.15) is 31.4 Å². The van der Waals surface area contributed by atoms with E-state index in [1.54, 1.807) is 32.4 Å². The summed E-state index contributed by atoms with van der Waals surface area (Å²) in [6.07, 6.45) is 3.02. The lowest BCUT2D eigenvalue weighted by Crippen LogP contribution is -2.49. The summed E-state index contributed by atoms with van der Waals surface area (Å²) in [5, 5.41) is 17.5. The molecule has 2 heterocycles. The van der Waals surface area contributed by atoms with Gasteiger partial charge in [0.1, 0.15) is 23.4 Å². The second-order valence-electron chi connectivity index (χ2n) is 7.44. The number of hydrogen-bond acceptors (Lipinski definition) is 6. The van der Waals surface area contributed by atoms with Gasteiger partial charge in [0.2, 0.25) is 0 Å². The van der Waals surface area contributed by atoms with Gasteiger partial charge < -0.3 is 30.1 Å². The van der Waals surface area contributed by atoms with Crippen molar-refractivity contribution in [3.05, 3.63) is 48.2 Å². The molecule has 3 rings (SSSR count). The Balaban J connectivity index is 1.59. The van der Waals surface area contributed by atoms with E-state index in [1.807, 2.05) is 31.3 Å². The summed E-state index contributed by atoms with van der Waals surface area (Å²) in [7, 11) is 3.19. The number of aromatic nitrogens is 1. The van der Waals surface area contributed by atoms with Crippen LogP contribution in [0, 0.1) is 0 Å². The van der Waals surface area contributed by atoms with Gasteiger partial charge in [-0.1, -0.05) is 6.07 Å². The number of guanidine groups is 1. The fourth-order valence-corrected chi connectivity index (χ4v) is 3.68. The molecule has 0 bridgehead atoms. The molecule has 8 heteroatoms. The van der Waals surface area contributed by atoms with E-state index in [4.69, 9.17) is 9.47 Å². The Morgan fingerprint density at radius 2 is 2.03 bits per heavy atom. The monoisotopic (exact) mass is 427 g/mol. The van der Waals surface area contributed by atoms with Crippen molar-refractivity contribution in [2.75, 3.05) is 45.3 Å². The van der Waals surface area contributed by atoms with Crippen molar-refractivity contribution in [3.63, 3.8) is 0 Å². The fourth-order valence-electron chi connectivity index (χ4n) is 3.68. The van der Waals surface area contributed by atoms with Gasteiger partial charge in [0.05, 0.1) is 20.8 Å². The second kappa shape index (κ2) is 11.4. The molecule has 1 aliphatic rings. The van der Waals surface area contributed by atoms with Crippen LogP contribution in [0.5, 0.6) is 11.5 Å². The number of aliphatic imine (C=N–C) groups is 1. The van der Waals surface area contributed by atoms with Crippen LogP contribution >= 0.6 is 0 Å². The molecule has 1 aromatic heterocycles. The van der Waals surface area contributed by atoms with Gasteiger partial charge in [-0.15, -0.1) is 0 Å². The number of benzene rings is 1. The average Bonchev–Trinajstić information content (AvgIpc) is 2.83. The number of ether oxygens (including phenoxy) is 2. The number of piperidine rings is 1. The lowest BCUT2D eigenvalue weighted by molar-refractivity contribution is 0.182. The second-order valence-corrected chi connectivity index (χ2v) is 7.44. The number of aliphatic hydroxyl groups is 1. The first kappa shape index (κ1) is 22.7. The van der Waals surface area contributed by atoms with Crippen LogP contribution in [0.4, 0.5) is 5.82 Å². The topological polar surface area (TPSA) is 91.2 Å². The zero-order valence-corrected chi connectivity index (χ0v) is 18.5. The molecule has 1 aliphatic heterocycles. The summed E-state index contributed by atoms with van der Waals surface area (Å²) in [4.78, 5) is 11.4. The van der Waals surface area contributed by atoms with Gasteiger partial charge in [-0.3, -0.25) is 4.99 Å². The van der Waals surface area contributed by atoms with Crippen molar-refractivity contribution >= 4 is 11.8 Å². The molecule has 1 saturated heterocycles. The summed E-state index contributed by atoms with van der Waals surface area (Å²) in [5.74, 6) is 3.02. The first-order valence-electron chi connectivity index (χ1n) is 10.8.